The molecule has 8 heavy (non-hydrogen) atoms. The van der Waals surface area contributed by atoms with E-state index in [2.05, 4.69) is 15.8 Å². The number of thiophene rings is 1. The fourth-order valence-corrected chi connectivity index (χ4v) is 2.16. The van der Waals surface area contributed by atoms with Crippen LogP contribution < -0.4 is 0 Å². The quantitative estimate of drug-likeness (QED) is 0.549. The third-order valence-electron chi connectivity index (χ3n) is 0.986. The van der Waals surface area contributed by atoms with Crippen LogP contribution in [0.3, 0.4) is 0 Å². The second kappa shape index (κ2) is 1.53. The van der Waals surface area contributed by atoms with Crippen molar-refractivity contribution >= 4 is 32.3 Å². The molecule has 40 valence electrons. The highest BCUT2D eigenvalue weighted by atomic mass is 32.2. The van der Waals surface area contributed by atoms with Crippen LogP contribution in [-0.2, 0) is 0 Å². The molecule has 0 saturated carbocycles. The molecule has 0 radical (unpaired) electrons. The standard InChI is InChI=1S/C5H3NS2/c1-2-7-5-4(1)3-6-8-5/h1-3H. The number of hydrogen-bond donors (Lipinski definition) is 0. The van der Waals surface area contributed by atoms with Gasteiger partial charge in [-0.2, -0.15) is 4.37 Å². The van der Waals surface area contributed by atoms with Crippen LogP contribution in [0.2, 0.25) is 0 Å². The van der Waals surface area contributed by atoms with Gasteiger partial charge in [-0.05, 0) is 23.0 Å². The minimum atomic E-state index is 1.28. The average Bonchev–Trinajstić information content (AvgIpc) is 2.15. The lowest BCUT2D eigenvalue weighted by Crippen LogP contribution is -1.41. The molecule has 0 fully saturated rings. The topological polar surface area (TPSA) is 12.9 Å². The van der Waals surface area contributed by atoms with Gasteiger partial charge in [0.25, 0.3) is 0 Å². The van der Waals surface area contributed by atoms with Gasteiger partial charge in [0.05, 0.1) is 0 Å². The predicted molar refractivity (Wildman–Crippen MR) is 37.5 cm³/mol. The fraction of sp³-hybridized carbons (Fsp3) is 0. The monoisotopic (exact) mass is 141 g/mol. The highest BCUT2D eigenvalue weighted by Crippen LogP contribution is 2.23. The van der Waals surface area contributed by atoms with Crippen LogP contribution in [0.25, 0.3) is 9.40 Å². The summed E-state index contributed by atoms with van der Waals surface area (Å²) in [6.07, 6.45) is 1.90. The van der Waals surface area contributed by atoms with E-state index in [0.29, 0.717) is 0 Å². The van der Waals surface area contributed by atoms with Crippen molar-refractivity contribution in [2.45, 2.75) is 0 Å². The Morgan fingerprint density at radius 1 is 1.50 bits per heavy atom. The lowest BCUT2D eigenvalue weighted by Gasteiger charge is -1.60. The first kappa shape index (κ1) is 4.47. The first-order valence-corrected chi connectivity index (χ1v) is 3.90. The summed E-state index contributed by atoms with van der Waals surface area (Å²) >= 11 is 3.31. The van der Waals surface area contributed by atoms with E-state index in [0.717, 1.165) is 0 Å². The van der Waals surface area contributed by atoms with Gasteiger partial charge in [0, 0.05) is 11.6 Å². The van der Waals surface area contributed by atoms with Crippen LogP contribution in [0.1, 0.15) is 0 Å². The van der Waals surface area contributed by atoms with Gasteiger partial charge in [-0.15, -0.1) is 11.3 Å². The molecule has 2 aromatic rings. The number of nitrogens with zero attached hydrogens (tertiary/aromatic N) is 1. The van der Waals surface area contributed by atoms with E-state index in [9.17, 15) is 0 Å². The smallest absolute Gasteiger partial charge is 0.107 e. The lowest BCUT2D eigenvalue weighted by molar-refractivity contribution is 1.61. The zero-order valence-corrected chi connectivity index (χ0v) is 5.63. The second-order valence-electron chi connectivity index (χ2n) is 1.49. The summed E-state index contributed by atoms with van der Waals surface area (Å²) in [5.41, 5.74) is 0. The first-order valence-electron chi connectivity index (χ1n) is 2.25. The van der Waals surface area contributed by atoms with Crippen molar-refractivity contribution in [2.24, 2.45) is 0 Å². The molecular weight excluding hydrogens is 138 g/mol. The maximum absolute atomic E-state index is 4.01. The number of fused-ring (bicyclic) bond motifs is 1. The van der Waals surface area contributed by atoms with E-state index in [1.807, 2.05) is 6.20 Å². The summed E-state index contributed by atoms with van der Waals surface area (Å²) in [4.78, 5) is 0. The molecule has 0 saturated heterocycles. The SMILES string of the molecule is c1cc2cnsc2s1. The van der Waals surface area contributed by atoms with Crippen LogP contribution in [0, 0.1) is 0 Å². The number of aromatic nitrogens is 1. The van der Waals surface area contributed by atoms with Crippen molar-refractivity contribution in [3.63, 3.8) is 0 Å². The summed E-state index contributed by atoms with van der Waals surface area (Å²) in [6.45, 7) is 0. The predicted octanol–water partition coefficient (Wildman–Crippen LogP) is 2.36. The van der Waals surface area contributed by atoms with Gasteiger partial charge in [0.15, 0.2) is 0 Å². The Morgan fingerprint density at radius 3 is 3.38 bits per heavy atom. The molecule has 3 heteroatoms. The minimum absolute atomic E-state index is 1.28. The molecule has 2 aromatic heterocycles. The van der Waals surface area contributed by atoms with Crippen molar-refractivity contribution in [3.05, 3.63) is 17.6 Å². The van der Waals surface area contributed by atoms with Gasteiger partial charge in [0.1, 0.15) is 4.01 Å². The fourth-order valence-electron chi connectivity index (χ4n) is 0.606. The maximum Gasteiger partial charge on any atom is 0.107 e. The lowest BCUT2D eigenvalue weighted by atomic mass is 10.5. The molecule has 0 atom stereocenters. The van der Waals surface area contributed by atoms with Crippen LogP contribution >= 0.6 is 22.9 Å². The zero-order chi connectivity index (χ0) is 5.40. The van der Waals surface area contributed by atoms with E-state index < -0.39 is 0 Å². The van der Waals surface area contributed by atoms with E-state index in [-0.39, 0.29) is 0 Å². The number of hydrogen-bond acceptors (Lipinski definition) is 3. The van der Waals surface area contributed by atoms with Gasteiger partial charge >= 0.3 is 0 Å². The van der Waals surface area contributed by atoms with Crippen molar-refractivity contribution in [2.75, 3.05) is 0 Å². The minimum Gasteiger partial charge on any atom is -0.199 e. The Labute approximate surface area is 54.8 Å². The summed E-state index contributed by atoms with van der Waals surface area (Å²) in [5.74, 6) is 0. The molecule has 0 aromatic carbocycles. The third-order valence-corrected chi connectivity index (χ3v) is 2.83. The van der Waals surface area contributed by atoms with Gasteiger partial charge in [-0.25, -0.2) is 0 Å². The van der Waals surface area contributed by atoms with Crippen LogP contribution in [0.5, 0.6) is 0 Å². The summed E-state index contributed by atoms with van der Waals surface area (Å²) in [6, 6.07) is 2.09. The van der Waals surface area contributed by atoms with Crippen LogP contribution in [0.15, 0.2) is 17.6 Å². The van der Waals surface area contributed by atoms with Crippen LogP contribution in [-0.4, -0.2) is 4.37 Å². The molecule has 0 aliphatic carbocycles. The van der Waals surface area contributed by atoms with Gasteiger partial charge in [-0.1, -0.05) is 0 Å². The first-order chi connectivity index (χ1) is 3.97. The summed E-state index contributed by atoms with van der Waals surface area (Å²) < 4.78 is 5.34. The zero-order valence-electron chi connectivity index (χ0n) is 4.00. The molecule has 0 N–H and O–H groups in total. The molecule has 0 amide bonds. The Morgan fingerprint density at radius 2 is 2.50 bits per heavy atom. The molecule has 0 bridgehead atoms. The van der Waals surface area contributed by atoms with E-state index in [4.69, 9.17) is 0 Å². The highest BCUT2D eigenvalue weighted by Gasteiger charge is 1.92. The third kappa shape index (κ3) is 0.485. The number of rotatable bonds is 0. The Bertz CT molecular complexity index is 232. The summed E-state index contributed by atoms with van der Waals surface area (Å²) in [7, 11) is 0. The molecule has 2 heterocycles. The molecule has 1 nitrogen and oxygen atoms in total. The Kier molecular flexibility index (Phi) is 0.856. The molecule has 0 unspecified atom stereocenters. The van der Waals surface area contributed by atoms with Crippen molar-refractivity contribution in [3.8, 4) is 0 Å². The molecule has 0 aliphatic rings. The molecular formula is C5H3NS2. The van der Waals surface area contributed by atoms with Gasteiger partial charge < -0.3 is 0 Å². The van der Waals surface area contributed by atoms with E-state index in [1.165, 1.54) is 9.40 Å². The highest BCUT2D eigenvalue weighted by molar-refractivity contribution is 7.35. The Balaban J connectivity index is 3.06. The van der Waals surface area contributed by atoms with Gasteiger partial charge in [0.2, 0.25) is 0 Å². The van der Waals surface area contributed by atoms with Crippen molar-refractivity contribution < 1.29 is 0 Å². The second-order valence-corrected chi connectivity index (χ2v) is 3.47. The van der Waals surface area contributed by atoms with E-state index in [1.54, 1.807) is 22.9 Å². The molecule has 0 spiro atoms. The molecule has 0 aliphatic heterocycles. The van der Waals surface area contributed by atoms with E-state index >= 15 is 0 Å². The average molecular weight is 141 g/mol. The largest absolute Gasteiger partial charge is 0.199 e. The van der Waals surface area contributed by atoms with Crippen molar-refractivity contribution in [1.82, 2.24) is 4.37 Å². The van der Waals surface area contributed by atoms with Crippen molar-refractivity contribution in [1.29, 1.82) is 0 Å². The Hall–Kier alpha value is -0.410. The molecule has 2 rings (SSSR count). The summed E-state index contributed by atoms with van der Waals surface area (Å²) in [5, 5.41) is 3.36. The maximum atomic E-state index is 4.01. The normalized spacial score (nSPS) is 10.5. The van der Waals surface area contributed by atoms with Gasteiger partial charge in [-0.3, -0.25) is 0 Å². The van der Waals surface area contributed by atoms with Crippen LogP contribution in [0.4, 0.5) is 0 Å².